The molecular weight excluding hydrogens is 356 g/mol. The molecule has 2 aliphatic rings. The van der Waals surface area contributed by atoms with E-state index in [1.54, 1.807) is 4.90 Å². The van der Waals surface area contributed by atoms with Crippen molar-refractivity contribution in [3.8, 4) is 11.5 Å². The molecule has 1 aliphatic heterocycles. The van der Waals surface area contributed by atoms with Crippen molar-refractivity contribution in [2.75, 3.05) is 18.5 Å². The highest BCUT2D eigenvalue weighted by Crippen LogP contribution is 2.36. The molecule has 4 N–H and O–H groups in total. The number of carboxylic acid groups (broad SMARTS) is 1. The number of nitrogens with zero attached hydrogens (tertiary/aromatic N) is 1. The van der Waals surface area contributed by atoms with Gasteiger partial charge in [0.25, 0.3) is 0 Å². The molecule has 2 unspecified atom stereocenters. The Morgan fingerprint density at radius 3 is 2.70 bits per heavy atom. The van der Waals surface area contributed by atoms with Gasteiger partial charge in [0, 0.05) is 24.9 Å². The van der Waals surface area contributed by atoms with Gasteiger partial charge in [-0.3, -0.25) is 4.79 Å². The van der Waals surface area contributed by atoms with Crippen LogP contribution in [0.4, 0.5) is 10.5 Å². The Morgan fingerprint density at radius 1 is 1.22 bits per heavy atom. The minimum absolute atomic E-state index is 0.0601. The van der Waals surface area contributed by atoms with Crippen molar-refractivity contribution < 1.29 is 34.4 Å². The van der Waals surface area contributed by atoms with Crippen LogP contribution in [0, 0.1) is 5.92 Å². The molecule has 1 aliphatic carbocycles. The molecule has 0 aromatic heterocycles. The van der Waals surface area contributed by atoms with Crippen LogP contribution >= 0.6 is 0 Å². The number of phenolic OH excluding ortho intramolecular Hbond substituents is 1. The van der Waals surface area contributed by atoms with E-state index in [0.717, 1.165) is 37.8 Å². The van der Waals surface area contributed by atoms with E-state index >= 15 is 0 Å². The van der Waals surface area contributed by atoms with Crippen molar-refractivity contribution in [2.24, 2.45) is 5.92 Å². The van der Waals surface area contributed by atoms with Gasteiger partial charge in [-0.15, -0.1) is 0 Å². The Labute approximate surface area is 155 Å². The molecule has 1 heterocycles. The minimum atomic E-state index is -1.39. The summed E-state index contributed by atoms with van der Waals surface area (Å²) in [5.74, 6) is -2.84. The lowest BCUT2D eigenvalue weighted by Gasteiger charge is -2.43. The van der Waals surface area contributed by atoms with Gasteiger partial charge in [0.15, 0.2) is 5.75 Å². The second kappa shape index (κ2) is 7.73. The predicted octanol–water partition coefficient (Wildman–Crippen LogP) is 2.14. The Hall–Kier alpha value is -2.97. The van der Waals surface area contributed by atoms with Gasteiger partial charge in [-0.05, 0) is 25.0 Å². The van der Waals surface area contributed by atoms with Gasteiger partial charge >= 0.3 is 12.1 Å². The van der Waals surface area contributed by atoms with Crippen LogP contribution in [0.2, 0.25) is 0 Å². The number of aromatic hydroxyl groups is 2. The summed E-state index contributed by atoms with van der Waals surface area (Å²) >= 11 is 0. The third kappa shape index (κ3) is 3.91. The number of amides is 2. The van der Waals surface area contributed by atoms with Crippen molar-refractivity contribution in [3.63, 3.8) is 0 Å². The zero-order chi connectivity index (χ0) is 19.6. The average Bonchev–Trinajstić information content (AvgIpc) is 2.64. The number of hydrogen-bond donors (Lipinski definition) is 4. The lowest BCUT2D eigenvalue weighted by Crippen LogP contribution is -2.52. The van der Waals surface area contributed by atoms with E-state index in [1.807, 2.05) is 0 Å². The molecule has 1 saturated carbocycles. The fourth-order valence-electron chi connectivity index (χ4n) is 3.75. The van der Waals surface area contributed by atoms with Crippen LogP contribution in [0.25, 0.3) is 0 Å². The summed E-state index contributed by atoms with van der Waals surface area (Å²) < 4.78 is 5.20. The maximum absolute atomic E-state index is 12.2. The van der Waals surface area contributed by atoms with Crippen molar-refractivity contribution >= 4 is 23.7 Å². The van der Waals surface area contributed by atoms with Crippen LogP contribution in [-0.4, -0.2) is 57.4 Å². The van der Waals surface area contributed by atoms with Crippen LogP contribution < -0.4 is 5.32 Å². The summed E-state index contributed by atoms with van der Waals surface area (Å²) in [6.07, 6.45) is 3.49. The summed E-state index contributed by atoms with van der Waals surface area (Å²) in [6, 6.07) is 2.17. The fraction of sp³-hybridized carbons (Fsp3) is 0.500. The number of rotatable bonds is 5. The molecular formula is C18H22N2O7. The molecule has 2 atom stereocenters. The highest BCUT2D eigenvalue weighted by atomic mass is 16.6. The predicted molar refractivity (Wildman–Crippen MR) is 93.8 cm³/mol. The molecule has 2 fully saturated rings. The number of carbonyl (C=O) groups excluding carboxylic acids is 2. The second-order valence-electron chi connectivity index (χ2n) is 6.84. The molecule has 2 amide bonds. The molecule has 0 radical (unpaired) electrons. The van der Waals surface area contributed by atoms with Gasteiger partial charge in [0.2, 0.25) is 5.91 Å². The number of anilines is 1. The number of ether oxygens (including phenoxy) is 1. The maximum Gasteiger partial charge on any atom is 0.410 e. The maximum atomic E-state index is 12.2. The first-order chi connectivity index (χ1) is 12.9. The normalized spacial score (nSPS) is 21.9. The monoisotopic (exact) mass is 378 g/mol. The molecule has 1 saturated heterocycles. The molecule has 0 spiro atoms. The number of aromatic carboxylic acids is 1. The topological polar surface area (TPSA) is 136 Å². The summed E-state index contributed by atoms with van der Waals surface area (Å²) in [7, 11) is 0. The Bertz CT molecular complexity index is 764. The Kier molecular flexibility index (Phi) is 5.38. The zero-order valence-corrected chi connectivity index (χ0v) is 14.7. The van der Waals surface area contributed by atoms with E-state index in [-0.39, 0.29) is 30.6 Å². The van der Waals surface area contributed by atoms with E-state index in [9.17, 15) is 24.6 Å². The standard InChI is InChI=1S/C18H22N2O7/c21-13-6-5-11(17(24)25)16(23)15(13)19-14(22)7-8-20-12-4-2-1-3-10(12)9-27-18(20)26/h5-6,10,12,21,23H,1-4,7-9H2,(H,19,22)(H,24,25). The molecule has 0 bridgehead atoms. The van der Waals surface area contributed by atoms with E-state index < -0.39 is 35.0 Å². The number of nitrogens with one attached hydrogen (secondary N) is 1. The highest BCUT2D eigenvalue weighted by molar-refractivity contribution is 5.99. The number of hydrogen-bond acceptors (Lipinski definition) is 6. The first kappa shape index (κ1) is 18.8. The van der Waals surface area contributed by atoms with Crippen molar-refractivity contribution in [3.05, 3.63) is 17.7 Å². The third-order valence-corrected chi connectivity index (χ3v) is 5.16. The van der Waals surface area contributed by atoms with Crippen LogP contribution in [0.5, 0.6) is 11.5 Å². The van der Waals surface area contributed by atoms with E-state index in [2.05, 4.69) is 5.32 Å². The third-order valence-electron chi connectivity index (χ3n) is 5.16. The summed E-state index contributed by atoms with van der Waals surface area (Å²) in [6.45, 7) is 0.557. The first-order valence-electron chi connectivity index (χ1n) is 8.90. The quantitative estimate of drug-likeness (QED) is 0.576. The smallest absolute Gasteiger partial charge is 0.410 e. The summed E-state index contributed by atoms with van der Waals surface area (Å²) in [5.41, 5.74) is -0.801. The SMILES string of the molecule is O=C(CCN1C(=O)OCC2CCCCC21)Nc1c(O)ccc(C(=O)O)c1O. The zero-order valence-electron chi connectivity index (χ0n) is 14.7. The van der Waals surface area contributed by atoms with Gasteiger partial charge in [0.1, 0.15) is 17.0 Å². The first-order valence-corrected chi connectivity index (χ1v) is 8.90. The Morgan fingerprint density at radius 2 is 1.96 bits per heavy atom. The van der Waals surface area contributed by atoms with Crippen molar-refractivity contribution in [1.29, 1.82) is 0 Å². The molecule has 3 rings (SSSR count). The lowest BCUT2D eigenvalue weighted by atomic mass is 9.83. The van der Waals surface area contributed by atoms with Gasteiger partial charge in [-0.1, -0.05) is 12.8 Å². The molecule has 9 heteroatoms. The van der Waals surface area contributed by atoms with E-state index in [0.29, 0.717) is 6.61 Å². The van der Waals surface area contributed by atoms with Crippen LogP contribution in [-0.2, 0) is 9.53 Å². The lowest BCUT2D eigenvalue weighted by molar-refractivity contribution is -0.116. The van der Waals surface area contributed by atoms with Crippen LogP contribution in [0.1, 0.15) is 42.5 Å². The average molecular weight is 378 g/mol. The van der Waals surface area contributed by atoms with Gasteiger partial charge in [0.05, 0.1) is 6.61 Å². The molecule has 146 valence electrons. The van der Waals surface area contributed by atoms with Gasteiger partial charge in [-0.2, -0.15) is 0 Å². The number of cyclic esters (lactones) is 1. The number of fused-ring (bicyclic) bond motifs is 1. The highest BCUT2D eigenvalue weighted by Gasteiger charge is 2.38. The largest absolute Gasteiger partial charge is 0.506 e. The number of carbonyl (C=O) groups is 3. The minimum Gasteiger partial charge on any atom is -0.506 e. The second-order valence-corrected chi connectivity index (χ2v) is 6.84. The van der Waals surface area contributed by atoms with E-state index in [1.165, 1.54) is 0 Å². The molecule has 1 aromatic carbocycles. The van der Waals surface area contributed by atoms with Crippen LogP contribution in [0.3, 0.4) is 0 Å². The van der Waals surface area contributed by atoms with Gasteiger partial charge < -0.3 is 30.3 Å². The van der Waals surface area contributed by atoms with Crippen molar-refractivity contribution in [1.82, 2.24) is 4.90 Å². The number of phenols is 2. The Balaban J connectivity index is 1.65. The molecule has 1 aromatic rings. The van der Waals surface area contributed by atoms with Crippen molar-refractivity contribution in [2.45, 2.75) is 38.1 Å². The summed E-state index contributed by atoms with van der Waals surface area (Å²) in [5, 5.41) is 31.1. The van der Waals surface area contributed by atoms with Crippen LogP contribution in [0.15, 0.2) is 12.1 Å². The molecule has 27 heavy (non-hydrogen) atoms. The number of carboxylic acids is 1. The molecule has 9 nitrogen and oxygen atoms in total. The number of benzene rings is 1. The summed E-state index contributed by atoms with van der Waals surface area (Å²) in [4.78, 5) is 37.0. The fourth-order valence-corrected chi connectivity index (χ4v) is 3.75. The van der Waals surface area contributed by atoms with E-state index in [4.69, 9.17) is 9.84 Å². The van der Waals surface area contributed by atoms with Gasteiger partial charge in [-0.25, -0.2) is 9.59 Å².